The van der Waals surface area contributed by atoms with Crippen molar-refractivity contribution in [2.75, 3.05) is 6.54 Å². The van der Waals surface area contributed by atoms with Gasteiger partial charge in [0.1, 0.15) is 0 Å². The predicted molar refractivity (Wildman–Crippen MR) is 71.0 cm³/mol. The molecule has 4 nitrogen and oxygen atoms in total. The van der Waals surface area contributed by atoms with Crippen LogP contribution < -0.4 is 11.1 Å². The maximum Gasteiger partial charge on any atom is 0.0921 e. The number of imidazole rings is 1. The summed E-state index contributed by atoms with van der Waals surface area (Å²) in [5.41, 5.74) is 9.96. The van der Waals surface area contributed by atoms with E-state index >= 15 is 0 Å². The van der Waals surface area contributed by atoms with Crippen molar-refractivity contribution in [1.82, 2.24) is 15.3 Å². The normalized spacial score (nSPS) is 22.1. The Bertz CT molecular complexity index is 506. The van der Waals surface area contributed by atoms with Crippen molar-refractivity contribution >= 4 is 0 Å². The number of fused-ring (bicyclic) bond motifs is 1. The largest absolute Gasteiger partial charge is 0.348 e. The number of hydrogen-bond donors (Lipinski definition) is 3. The fourth-order valence-electron chi connectivity index (χ4n) is 2.67. The highest BCUT2D eigenvalue weighted by Crippen LogP contribution is 2.36. The summed E-state index contributed by atoms with van der Waals surface area (Å²) in [6.45, 7) is 0.938. The molecule has 4 heteroatoms. The number of hydrogen-bond acceptors (Lipinski definition) is 3. The van der Waals surface area contributed by atoms with Gasteiger partial charge in [-0.15, -0.1) is 0 Å². The van der Waals surface area contributed by atoms with Crippen LogP contribution in [0.25, 0.3) is 0 Å². The molecule has 0 saturated carbocycles. The summed E-state index contributed by atoms with van der Waals surface area (Å²) < 4.78 is 0. The first-order valence-electron chi connectivity index (χ1n) is 6.39. The van der Waals surface area contributed by atoms with Gasteiger partial charge in [-0.2, -0.15) is 0 Å². The van der Waals surface area contributed by atoms with Gasteiger partial charge < -0.3 is 16.0 Å². The summed E-state index contributed by atoms with van der Waals surface area (Å²) in [4.78, 5) is 7.13. The number of aromatic amines is 1. The van der Waals surface area contributed by atoms with Gasteiger partial charge in [-0.05, 0) is 17.5 Å². The van der Waals surface area contributed by atoms with Crippen molar-refractivity contribution in [3.05, 3.63) is 53.6 Å². The minimum atomic E-state index is 0.172. The summed E-state index contributed by atoms with van der Waals surface area (Å²) in [5, 5.41) is 3.58. The summed E-state index contributed by atoms with van der Waals surface area (Å²) in [6.07, 6.45) is 5.54. The lowest BCUT2D eigenvalue weighted by atomic mass is 10.1. The summed E-state index contributed by atoms with van der Waals surface area (Å²) >= 11 is 0. The number of benzene rings is 1. The lowest BCUT2D eigenvalue weighted by Gasteiger charge is -2.13. The van der Waals surface area contributed by atoms with Crippen LogP contribution in [0.15, 0.2) is 36.8 Å². The Morgan fingerprint density at radius 2 is 2.17 bits per heavy atom. The van der Waals surface area contributed by atoms with E-state index in [9.17, 15) is 0 Å². The average molecular weight is 242 g/mol. The summed E-state index contributed by atoms with van der Waals surface area (Å²) in [7, 11) is 0. The van der Waals surface area contributed by atoms with Gasteiger partial charge in [0.25, 0.3) is 0 Å². The second-order valence-electron chi connectivity index (χ2n) is 4.80. The molecule has 0 radical (unpaired) electrons. The molecular weight excluding hydrogens is 224 g/mol. The fraction of sp³-hybridized carbons (Fsp3) is 0.357. The molecule has 0 amide bonds. The van der Waals surface area contributed by atoms with Gasteiger partial charge in [-0.25, -0.2) is 4.98 Å². The number of H-pyrrole nitrogens is 1. The van der Waals surface area contributed by atoms with Gasteiger partial charge in [0, 0.05) is 36.9 Å². The van der Waals surface area contributed by atoms with Crippen molar-refractivity contribution in [3.8, 4) is 0 Å². The number of rotatable bonds is 4. The van der Waals surface area contributed by atoms with Gasteiger partial charge in [0.2, 0.25) is 0 Å². The molecule has 0 spiro atoms. The highest BCUT2D eigenvalue weighted by atomic mass is 14.9. The number of aromatic nitrogens is 2. The third kappa shape index (κ3) is 2.17. The van der Waals surface area contributed by atoms with E-state index in [0.717, 1.165) is 25.1 Å². The Balaban J connectivity index is 1.61. The lowest BCUT2D eigenvalue weighted by Crippen LogP contribution is -2.22. The van der Waals surface area contributed by atoms with Crippen LogP contribution in [0.2, 0.25) is 0 Å². The van der Waals surface area contributed by atoms with Crippen LogP contribution >= 0.6 is 0 Å². The number of nitrogens with zero attached hydrogens (tertiary/aromatic N) is 1. The molecule has 2 aromatic rings. The predicted octanol–water partition coefficient (Wildman–Crippen LogP) is 1.69. The van der Waals surface area contributed by atoms with E-state index in [0.29, 0.717) is 6.04 Å². The molecule has 18 heavy (non-hydrogen) atoms. The van der Waals surface area contributed by atoms with E-state index in [4.69, 9.17) is 5.73 Å². The summed E-state index contributed by atoms with van der Waals surface area (Å²) in [6, 6.07) is 9.02. The monoisotopic (exact) mass is 242 g/mol. The maximum atomic E-state index is 6.15. The molecule has 1 aliphatic carbocycles. The zero-order valence-corrected chi connectivity index (χ0v) is 10.3. The van der Waals surface area contributed by atoms with E-state index in [1.54, 1.807) is 6.33 Å². The fourth-order valence-corrected chi connectivity index (χ4v) is 2.67. The molecule has 3 rings (SSSR count). The van der Waals surface area contributed by atoms with E-state index in [1.807, 2.05) is 6.20 Å². The Morgan fingerprint density at radius 3 is 2.94 bits per heavy atom. The zero-order valence-electron chi connectivity index (χ0n) is 10.3. The van der Waals surface area contributed by atoms with Crippen LogP contribution in [-0.2, 0) is 6.42 Å². The van der Waals surface area contributed by atoms with Crippen molar-refractivity contribution in [2.24, 2.45) is 5.73 Å². The Morgan fingerprint density at radius 1 is 1.33 bits per heavy atom. The third-order valence-electron chi connectivity index (χ3n) is 3.60. The standard InChI is InChI=1S/C14H18N4/c15-13-7-14(12-4-2-1-3-11(12)13)17-6-5-10-8-16-9-18-10/h1-4,8-9,13-14,17H,5-7,15H2,(H,16,18). The van der Waals surface area contributed by atoms with E-state index in [1.165, 1.54) is 11.1 Å². The third-order valence-corrected chi connectivity index (χ3v) is 3.60. The van der Waals surface area contributed by atoms with Crippen molar-refractivity contribution in [2.45, 2.75) is 24.9 Å². The van der Waals surface area contributed by atoms with Crippen LogP contribution in [0.4, 0.5) is 0 Å². The van der Waals surface area contributed by atoms with E-state index in [2.05, 4.69) is 39.6 Å². The topological polar surface area (TPSA) is 66.7 Å². The van der Waals surface area contributed by atoms with Crippen molar-refractivity contribution in [3.63, 3.8) is 0 Å². The molecule has 1 aromatic heterocycles. The molecule has 94 valence electrons. The quantitative estimate of drug-likeness (QED) is 0.764. The highest BCUT2D eigenvalue weighted by Gasteiger charge is 2.27. The minimum Gasteiger partial charge on any atom is -0.348 e. The van der Waals surface area contributed by atoms with Gasteiger partial charge in [-0.1, -0.05) is 24.3 Å². The Hall–Kier alpha value is -1.65. The number of nitrogens with two attached hydrogens (primary N) is 1. The van der Waals surface area contributed by atoms with Crippen LogP contribution in [-0.4, -0.2) is 16.5 Å². The first kappa shape index (κ1) is 11.4. The average Bonchev–Trinajstić information content (AvgIpc) is 3.00. The summed E-state index contributed by atoms with van der Waals surface area (Å²) in [5.74, 6) is 0. The van der Waals surface area contributed by atoms with E-state index < -0.39 is 0 Å². The second kappa shape index (κ2) is 4.92. The molecule has 1 heterocycles. The molecule has 2 atom stereocenters. The van der Waals surface area contributed by atoms with Crippen LogP contribution in [0, 0.1) is 0 Å². The molecule has 4 N–H and O–H groups in total. The van der Waals surface area contributed by atoms with Crippen LogP contribution in [0.3, 0.4) is 0 Å². The molecule has 0 fully saturated rings. The molecule has 1 aromatic carbocycles. The molecule has 0 aliphatic heterocycles. The maximum absolute atomic E-state index is 6.15. The zero-order chi connectivity index (χ0) is 12.4. The van der Waals surface area contributed by atoms with Gasteiger partial charge >= 0.3 is 0 Å². The minimum absolute atomic E-state index is 0.172. The van der Waals surface area contributed by atoms with Gasteiger partial charge in [0.05, 0.1) is 6.33 Å². The Kier molecular flexibility index (Phi) is 3.13. The first-order chi connectivity index (χ1) is 8.84. The SMILES string of the molecule is NC1CC(NCCc2cnc[nH]2)c2ccccc21. The molecule has 1 aliphatic rings. The van der Waals surface area contributed by atoms with Gasteiger partial charge in [0.15, 0.2) is 0 Å². The van der Waals surface area contributed by atoms with Crippen LogP contribution in [0.5, 0.6) is 0 Å². The molecular formula is C14H18N4. The van der Waals surface area contributed by atoms with Crippen LogP contribution in [0.1, 0.15) is 35.3 Å². The lowest BCUT2D eigenvalue weighted by molar-refractivity contribution is 0.501. The first-order valence-corrected chi connectivity index (χ1v) is 6.39. The van der Waals surface area contributed by atoms with Gasteiger partial charge in [-0.3, -0.25) is 0 Å². The molecule has 2 unspecified atom stereocenters. The molecule has 0 saturated heterocycles. The van der Waals surface area contributed by atoms with E-state index in [-0.39, 0.29) is 6.04 Å². The smallest absolute Gasteiger partial charge is 0.0921 e. The highest BCUT2D eigenvalue weighted by molar-refractivity contribution is 5.37. The Labute approximate surface area is 107 Å². The van der Waals surface area contributed by atoms with Crippen molar-refractivity contribution < 1.29 is 0 Å². The van der Waals surface area contributed by atoms with Crippen molar-refractivity contribution in [1.29, 1.82) is 0 Å². The second-order valence-corrected chi connectivity index (χ2v) is 4.80. The number of nitrogens with one attached hydrogen (secondary N) is 2. The molecule has 0 bridgehead atoms.